The topological polar surface area (TPSA) is 25.8 Å². The predicted octanol–water partition coefficient (Wildman–Crippen LogP) is 3.95. The summed E-state index contributed by atoms with van der Waals surface area (Å²) in [7, 11) is 0. The fourth-order valence-electron chi connectivity index (χ4n) is 1.63. The third-order valence-corrected chi connectivity index (χ3v) is 3.00. The summed E-state index contributed by atoms with van der Waals surface area (Å²) >= 11 is 5.97. The van der Waals surface area contributed by atoms with Crippen LogP contribution in [0, 0.1) is 18.6 Å². The van der Waals surface area contributed by atoms with E-state index in [1.165, 1.54) is 0 Å². The summed E-state index contributed by atoms with van der Waals surface area (Å²) in [6.07, 6.45) is 0.573. The molecule has 2 aromatic rings. The summed E-state index contributed by atoms with van der Waals surface area (Å²) < 4.78 is 26.9. The van der Waals surface area contributed by atoms with Crippen LogP contribution in [0.15, 0.2) is 18.2 Å². The highest BCUT2D eigenvalue weighted by Gasteiger charge is 2.14. The molecule has 0 atom stereocenters. The van der Waals surface area contributed by atoms with Crippen molar-refractivity contribution >= 4 is 11.6 Å². The first-order valence-electron chi connectivity index (χ1n) is 5.51. The van der Waals surface area contributed by atoms with Gasteiger partial charge in [0.05, 0.1) is 5.69 Å². The molecule has 5 heteroatoms. The van der Waals surface area contributed by atoms with E-state index in [1.807, 2.05) is 6.92 Å². The van der Waals surface area contributed by atoms with Crippen molar-refractivity contribution in [2.45, 2.75) is 20.3 Å². The molecule has 1 heterocycles. The fourth-order valence-corrected chi connectivity index (χ4v) is 1.82. The average molecular weight is 269 g/mol. The molecular formula is C13H11ClF2N2. The van der Waals surface area contributed by atoms with E-state index in [9.17, 15) is 8.78 Å². The number of aromatic nitrogens is 2. The van der Waals surface area contributed by atoms with Crippen molar-refractivity contribution in [2.24, 2.45) is 0 Å². The number of hydrogen-bond donors (Lipinski definition) is 0. The van der Waals surface area contributed by atoms with Crippen molar-refractivity contribution in [1.29, 1.82) is 0 Å². The number of rotatable bonds is 2. The van der Waals surface area contributed by atoms with Gasteiger partial charge in [-0.15, -0.1) is 0 Å². The molecule has 0 fully saturated rings. The molecule has 1 aromatic carbocycles. The van der Waals surface area contributed by atoms with Gasteiger partial charge in [-0.05, 0) is 25.1 Å². The van der Waals surface area contributed by atoms with Crippen molar-refractivity contribution in [2.75, 3.05) is 0 Å². The average Bonchev–Trinajstić information content (AvgIpc) is 2.35. The Kier molecular flexibility index (Phi) is 3.57. The Balaban J connectivity index is 2.69. The molecule has 2 nitrogen and oxygen atoms in total. The van der Waals surface area contributed by atoms with Gasteiger partial charge >= 0.3 is 0 Å². The van der Waals surface area contributed by atoms with Crippen LogP contribution in [0.1, 0.15) is 18.3 Å². The first-order valence-corrected chi connectivity index (χ1v) is 5.89. The standard InChI is InChI=1S/C13H11ClF2N2/c1-3-11-17-12(7(2)13(14)18-11)9-6-8(15)4-5-10(9)16/h4-6H,3H2,1-2H3. The quantitative estimate of drug-likeness (QED) is 0.771. The van der Waals surface area contributed by atoms with E-state index in [0.29, 0.717) is 23.5 Å². The van der Waals surface area contributed by atoms with Gasteiger partial charge in [0, 0.05) is 17.5 Å². The third-order valence-electron chi connectivity index (χ3n) is 2.63. The van der Waals surface area contributed by atoms with E-state index in [1.54, 1.807) is 6.92 Å². The summed E-state index contributed by atoms with van der Waals surface area (Å²) in [5, 5.41) is 0.264. The fraction of sp³-hybridized carbons (Fsp3) is 0.231. The van der Waals surface area contributed by atoms with Crippen LogP contribution in [0.2, 0.25) is 5.15 Å². The van der Waals surface area contributed by atoms with Crippen LogP contribution < -0.4 is 0 Å². The molecular weight excluding hydrogens is 258 g/mol. The predicted molar refractivity (Wildman–Crippen MR) is 66.5 cm³/mol. The van der Waals surface area contributed by atoms with Gasteiger partial charge in [0.2, 0.25) is 0 Å². The van der Waals surface area contributed by atoms with Crippen LogP contribution in [0.3, 0.4) is 0 Å². The molecule has 0 bridgehead atoms. The minimum absolute atomic E-state index is 0.103. The van der Waals surface area contributed by atoms with Gasteiger partial charge in [0.25, 0.3) is 0 Å². The summed E-state index contributed by atoms with van der Waals surface area (Å²) in [4.78, 5) is 8.29. The molecule has 0 saturated carbocycles. The van der Waals surface area contributed by atoms with Crippen LogP contribution in [0.5, 0.6) is 0 Å². The van der Waals surface area contributed by atoms with E-state index >= 15 is 0 Å². The van der Waals surface area contributed by atoms with Crippen molar-refractivity contribution in [3.05, 3.63) is 46.4 Å². The Morgan fingerprint density at radius 1 is 1.22 bits per heavy atom. The van der Waals surface area contributed by atoms with E-state index in [0.717, 1.165) is 18.2 Å². The molecule has 94 valence electrons. The summed E-state index contributed by atoms with van der Waals surface area (Å²) in [5.74, 6) is -0.542. The van der Waals surface area contributed by atoms with Crippen molar-refractivity contribution < 1.29 is 8.78 Å². The molecule has 0 spiro atoms. The second kappa shape index (κ2) is 4.98. The molecule has 0 aliphatic rings. The number of nitrogens with zero attached hydrogens (tertiary/aromatic N) is 2. The Bertz CT molecular complexity index is 600. The summed E-state index contributed by atoms with van der Waals surface area (Å²) in [6.45, 7) is 3.55. The molecule has 0 N–H and O–H groups in total. The molecule has 1 aromatic heterocycles. The lowest BCUT2D eigenvalue weighted by Crippen LogP contribution is -2.01. The highest BCUT2D eigenvalue weighted by molar-refractivity contribution is 6.30. The summed E-state index contributed by atoms with van der Waals surface area (Å²) in [5.41, 5.74) is 0.980. The molecule has 0 aliphatic carbocycles. The lowest BCUT2D eigenvalue weighted by Gasteiger charge is -2.09. The normalized spacial score (nSPS) is 10.7. The van der Waals surface area contributed by atoms with Gasteiger partial charge < -0.3 is 0 Å². The van der Waals surface area contributed by atoms with Gasteiger partial charge in [-0.1, -0.05) is 18.5 Å². The largest absolute Gasteiger partial charge is 0.232 e. The molecule has 18 heavy (non-hydrogen) atoms. The minimum atomic E-state index is -0.531. The summed E-state index contributed by atoms with van der Waals surface area (Å²) in [6, 6.07) is 3.25. The first-order chi connectivity index (χ1) is 8.52. The maximum Gasteiger partial charge on any atom is 0.136 e. The number of benzene rings is 1. The molecule has 0 saturated heterocycles. The lowest BCUT2D eigenvalue weighted by atomic mass is 10.1. The zero-order valence-corrected chi connectivity index (χ0v) is 10.7. The van der Waals surface area contributed by atoms with Gasteiger partial charge in [-0.3, -0.25) is 0 Å². The smallest absolute Gasteiger partial charge is 0.136 e. The Morgan fingerprint density at radius 3 is 2.61 bits per heavy atom. The van der Waals surface area contributed by atoms with Gasteiger partial charge in [0.1, 0.15) is 22.6 Å². The van der Waals surface area contributed by atoms with Crippen molar-refractivity contribution in [3.63, 3.8) is 0 Å². The highest BCUT2D eigenvalue weighted by Crippen LogP contribution is 2.28. The Hall–Kier alpha value is -1.55. The van der Waals surface area contributed by atoms with Crippen LogP contribution in [0.25, 0.3) is 11.3 Å². The number of aryl methyl sites for hydroxylation is 1. The van der Waals surface area contributed by atoms with Crippen molar-refractivity contribution in [3.8, 4) is 11.3 Å². The minimum Gasteiger partial charge on any atom is -0.232 e. The van der Waals surface area contributed by atoms with Gasteiger partial charge in [0.15, 0.2) is 0 Å². The molecule has 0 unspecified atom stereocenters. The van der Waals surface area contributed by atoms with Gasteiger partial charge in [-0.25, -0.2) is 18.7 Å². The van der Waals surface area contributed by atoms with Crippen molar-refractivity contribution in [1.82, 2.24) is 9.97 Å². The molecule has 0 amide bonds. The second-order valence-corrected chi connectivity index (χ2v) is 4.24. The SMILES string of the molecule is CCc1nc(Cl)c(C)c(-c2cc(F)ccc2F)n1. The second-order valence-electron chi connectivity index (χ2n) is 3.88. The molecule has 0 aliphatic heterocycles. The van der Waals surface area contributed by atoms with E-state index < -0.39 is 11.6 Å². The Labute approximate surface area is 109 Å². The first kappa shape index (κ1) is 12.9. The van der Waals surface area contributed by atoms with Gasteiger partial charge in [-0.2, -0.15) is 0 Å². The van der Waals surface area contributed by atoms with Crippen LogP contribution in [0.4, 0.5) is 8.78 Å². The van der Waals surface area contributed by atoms with E-state index in [4.69, 9.17) is 11.6 Å². The third kappa shape index (κ3) is 2.34. The zero-order chi connectivity index (χ0) is 13.3. The van der Waals surface area contributed by atoms with Crippen LogP contribution in [-0.2, 0) is 6.42 Å². The Morgan fingerprint density at radius 2 is 1.94 bits per heavy atom. The van der Waals surface area contributed by atoms with Crippen LogP contribution in [-0.4, -0.2) is 9.97 Å². The number of halogens is 3. The maximum absolute atomic E-state index is 13.7. The zero-order valence-electron chi connectivity index (χ0n) is 9.97. The molecule has 0 radical (unpaired) electrons. The highest BCUT2D eigenvalue weighted by atomic mass is 35.5. The van der Waals surface area contributed by atoms with Crippen LogP contribution >= 0.6 is 11.6 Å². The molecule has 2 rings (SSSR count). The maximum atomic E-state index is 13.7. The van der Waals surface area contributed by atoms with E-state index in [-0.39, 0.29) is 10.7 Å². The lowest BCUT2D eigenvalue weighted by molar-refractivity contribution is 0.602. The van der Waals surface area contributed by atoms with E-state index in [2.05, 4.69) is 9.97 Å². The number of hydrogen-bond acceptors (Lipinski definition) is 2. The monoisotopic (exact) mass is 268 g/mol.